The largest absolute Gasteiger partial charge is 0.359 e. The average Bonchev–Trinajstić information content (AvgIpc) is 3.46. The Morgan fingerprint density at radius 1 is 1.04 bits per heavy atom. The molecule has 6 nitrogen and oxygen atoms in total. The van der Waals surface area contributed by atoms with E-state index in [0.29, 0.717) is 0 Å². The molecule has 0 atom stereocenters. The molecule has 146 valence electrons. The van der Waals surface area contributed by atoms with Crippen LogP contribution in [0.15, 0.2) is 30.3 Å². The Balaban J connectivity index is 0.000000376. The highest BCUT2D eigenvalue weighted by molar-refractivity contribution is 5.72. The number of nitrogens with zero attached hydrogens (tertiary/aromatic N) is 4. The van der Waals surface area contributed by atoms with Crippen molar-refractivity contribution in [1.29, 1.82) is 0 Å². The minimum absolute atomic E-state index is 0.00463. The summed E-state index contributed by atoms with van der Waals surface area (Å²) in [6.07, 6.45) is 7.59. The lowest BCUT2D eigenvalue weighted by Crippen LogP contribution is -2.27. The highest BCUT2D eigenvalue weighted by Gasteiger charge is 2.50. The van der Waals surface area contributed by atoms with Crippen LogP contribution in [0.25, 0.3) is 0 Å². The molecular formula is C21H31N5O. The minimum Gasteiger partial charge on any atom is -0.359 e. The molecule has 1 aromatic heterocycles. The second-order valence-corrected chi connectivity index (χ2v) is 7.54. The third-order valence-corrected chi connectivity index (χ3v) is 5.60. The van der Waals surface area contributed by atoms with Gasteiger partial charge in [-0.2, -0.15) is 0 Å². The van der Waals surface area contributed by atoms with Crippen molar-refractivity contribution < 1.29 is 4.79 Å². The van der Waals surface area contributed by atoms with Gasteiger partial charge in [0.2, 0.25) is 11.9 Å². The molecule has 27 heavy (non-hydrogen) atoms. The Labute approximate surface area is 162 Å². The Bertz CT molecular complexity index is 743. The lowest BCUT2D eigenvalue weighted by molar-refractivity contribution is -0.118. The smallest absolute Gasteiger partial charge is 0.226 e. The summed E-state index contributed by atoms with van der Waals surface area (Å²) in [5.74, 6) is 2.20. The van der Waals surface area contributed by atoms with E-state index < -0.39 is 0 Å². The van der Waals surface area contributed by atoms with Crippen LogP contribution in [0.5, 0.6) is 0 Å². The van der Waals surface area contributed by atoms with E-state index in [2.05, 4.69) is 62.4 Å². The molecule has 1 aliphatic carbocycles. The molecule has 6 heteroatoms. The first-order valence-corrected chi connectivity index (χ1v) is 9.97. The highest BCUT2D eigenvalue weighted by atomic mass is 16.1. The fraction of sp³-hybridized carbons (Fsp3) is 0.571. The molecule has 2 fully saturated rings. The van der Waals surface area contributed by atoms with E-state index in [-0.39, 0.29) is 11.3 Å². The molecule has 0 unspecified atom stereocenters. The van der Waals surface area contributed by atoms with Crippen LogP contribution in [-0.2, 0) is 17.3 Å². The van der Waals surface area contributed by atoms with E-state index in [1.165, 1.54) is 51.0 Å². The van der Waals surface area contributed by atoms with Crippen LogP contribution in [0.3, 0.4) is 0 Å². The number of hydrogen-bond donors (Lipinski definition) is 1. The summed E-state index contributed by atoms with van der Waals surface area (Å²) in [6, 6.07) is 10.8. The molecular weight excluding hydrogens is 338 g/mol. The van der Waals surface area contributed by atoms with E-state index in [0.717, 1.165) is 24.9 Å². The van der Waals surface area contributed by atoms with Gasteiger partial charge >= 0.3 is 0 Å². The first-order chi connectivity index (χ1) is 13.1. The highest BCUT2D eigenvalue weighted by Crippen LogP contribution is 2.52. The standard InChI is InChI=1S/C18H24N4.C3H7NO/c1-21-16(18(11-12-18)15-9-5-4-6-10-15)19-20-17(21)22-13-7-2-3-8-14-22;1-3(5)4-2/h4-6,9-10H,2-3,7-8,11-14H2,1H3;1-2H3,(H,4,5). The normalized spacial score (nSPS) is 18.1. The van der Waals surface area contributed by atoms with Crippen molar-refractivity contribution in [3.8, 4) is 0 Å². The van der Waals surface area contributed by atoms with Crippen LogP contribution >= 0.6 is 0 Å². The first kappa shape index (κ1) is 19.4. The second kappa shape index (κ2) is 8.55. The number of nitrogens with one attached hydrogen (secondary N) is 1. The molecule has 1 N–H and O–H groups in total. The van der Waals surface area contributed by atoms with Crippen molar-refractivity contribution in [3.63, 3.8) is 0 Å². The zero-order valence-electron chi connectivity index (χ0n) is 16.7. The molecule has 4 rings (SSSR count). The summed E-state index contributed by atoms with van der Waals surface area (Å²) in [5, 5.41) is 11.5. The molecule has 2 heterocycles. The van der Waals surface area contributed by atoms with E-state index in [1.54, 1.807) is 7.05 Å². The van der Waals surface area contributed by atoms with Crippen LogP contribution in [0, 0.1) is 0 Å². The quantitative estimate of drug-likeness (QED) is 0.903. The Morgan fingerprint density at radius 2 is 1.63 bits per heavy atom. The zero-order valence-corrected chi connectivity index (χ0v) is 16.7. The number of rotatable bonds is 3. The molecule has 1 aromatic carbocycles. The van der Waals surface area contributed by atoms with Gasteiger partial charge in [-0.15, -0.1) is 10.2 Å². The fourth-order valence-electron chi connectivity index (χ4n) is 3.81. The average molecular weight is 370 g/mol. The van der Waals surface area contributed by atoms with Gasteiger partial charge in [0.25, 0.3) is 0 Å². The molecule has 0 radical (unpaired) electrons. The minimum atomic E-state index is 0.00463. The number of carbonyl (C=O) groups excluding carboxylic acids is 1. The van der Waals surface area contributed by atoms with E-state index >= 15 is 0 Å². The van der Waals surface area contributed by atoms with Gasteiger partial charge in [0.05, 0.1) is 5.41 Å². The van der Waals surface area contributed by atoms with E-state index in [1.807, 2.05) is 0 Å². The summed E-state index contributed by atoms with van der Waals surface area (Å²) in [6.45, 7) is 3.70. The van der Waals surface area contributed by atoms with Crippen LogP contribution < -0.4 is 10.2 Å². The summed E-state index contributed by atoms with van der Waals surface area (Å²) >= 11 is 0. The molecule has 1 aliphatic heterocycles. The predicted molar refractivity (Wildman–Crippen MR) is 108 cm³/mol. The molecule has 1 saturated carbocycles. The van der Waals surface area contributed by atoms with Crippen molar-refractivity contribution in [1.82, 2.24) is 20.1 Å². The number of hydrogen-bond acceptors (Lipinski definition) is 4. The monoisotopic (exact) mass is 369 g/mol. The maximum Gasteiger partial charge on any atom is 0.226 e. The molecule has 0 bridgehead atoms. The second-order valence-electron chi connectivity index (χ2n) is 7.54. The van der Waals surface area contributed by atoms with Crippen LogP contribution in [0.2, 0.25) is 0 Å². The lowest BCUT2D eigenvalue weighted by Gasteiger charge is -2.22. The summed E-state index contributed by atoms with van der Waals surface area (Å²) in [4.78, 5) is 12.1. The summed E-state index contributed by atoms with van der Waals surface area (Å²) in [7, 11) is 3.74. The van der Waals surface area contributed by atoms with E-state index in [4.69, 9.17) is 0 Å². The van der Waals surface area contributed by atoms with Crippen molar-refractivity contribution in [2.45, 2.75) is 50.9 Å². The Morgan fingerprint density at radius 3 is 2.15 bits per heavy atom. The number of anilines is 1. The van der Waals surface area contributed by atoms with Gasteiger partial charge in [-0.1, -0.05) is 43.2 Å². The van der Waals surface area contributed by atoms with Gasteiger partial charge in [0.15, 0.2) is 0 Å². The number of aromatic nitrogens is 3. The van der Waals surface area contributed by atoms with Gasteiger partial charge in [-0.3, -0.25) is 9.36 Å². The first-order valence-electron chi connectivity index (χ1n) is 9.97. The lowest BCUT2D eigenvalue weighted by atomic mass is 9.95. The van der Waals surface area contributed by atoms with Gasteiger partial charge in [0, 0.05) is 34.1 Å². The van der Waals surface area contributed by atoms with Gasteiger partial charge in [0.1, 0.15) is 5.82 Å². The SMILES string of the molecule is CNC(C)=O.Cn1c(N2CCCCCC2)nnc1C1(c2ccccc2)CC1. The molecule has 2 aliphatic rings. The Kier molecular flexibility index (Phi) is 6.14. The maximum absolute atomic E-state index is 9.70. The maximum atomic E-state index is 9.70. The fourth-order valence-corrected chi connectivity index (χ4v) is 3.81. The number of amides is 1. The van der Waals surface area contributed by atoms with Crippen LogP contribution in [0.4, 0.5) is 5.95 Å². The van der Waals surface area contributed by atoms with Gasteiger partial charge in [-0.05, 0) is 31.2 Å². The topological polar surface area (TPSA) is 63.1 Å². The molecule has 1 saturated heterocycles. The predicted octanol–water partition coefficient (Wildman–Crippen LogP) is 3.03. The van der Waals surface area contributed by atoms with Crippen molar-refractivity contribution in [2.75, 3.05) is 25.0 Å². The van der Waals surface area contributed by atoms with Crippen molar-refractivity contribution in [3.05, 3.63) is 41.7 Å². The van der Waals surface area contributed by atoms with Gasteiger partial charge < -0.3 is 10.2 Å². The van der Waals surface area contributed by atoms with Crippen molar-refractivity contribution >= 4 is 11.9 Å². The van der Waals surface area contributed by atoms with Gasteiger partial charge in [-0.25, -0.2) is 0 Å². The molecule has 2 aromatic rings. The molecule has 1 amide bonds. The molecule has 0 spiro atoms. The third-order valence-electron chi connectivity index (χ3n) is 5.60. The summed E-state index contributed by atoms with van der Waals surface area (Å²) < 4.78 is 2.24. The Hall–Kier alpha value is -2.37. The van der Waals surface area contributed by atoms with E-state index in [9.17, 15) is 4.79 Å². The number of carbonyl (C=O) groups is 1. The summed E-state index contributed by atoms with van der Waals surface area (Å²) in [5.41, 5.74) is 1.49. The van der Waals surface area contributed by atoms with Crippen molar-refractivity contribution in [2.24, 2.45) is 7.05 Å². The third kappa shape index (κ3) is 4.31. The zero-order chi connectivity index (χ0) is 19.3. The van der Waals surface area contributed by atoms with Crippen LogP contribution in [0.1, 0.15) is 56.8 Å². The number of benzene rings is 1. The van der Waals surface area contributed by atoms with Crippen LogP contribution in [-0.4, -0.2) is 40.8 Å².